The third-order valence-electron chi connectivity index (χ3n) is 8.59. The molecule has 4 aliphatic carbocycles. The van der Waals surface area contributed by atoms with E-state index < -0.39 is 11.6 Å². The maximum atomic E-state index is 11.9. The Balaban J connectivity index is 1.66. The molecule has 26 heavy (non-hydrogen) atoms. The normalized spacial score (nSPS) is 47.0. The van der Waals surface area contributed by atoms with E-state index in [1.165, 1.54) is 5.57 Å². The average Bonchev–Trinajstić information content (AvgIpc) is 2.86. The van der Waals surface area contributed by atoms with E-state index in [1.807, 2.05) is 6.08 Å². The van der Waals surface area contributed by atoms with Crippen molar-refractivity contribution in [2.75, 3.05) is 0 Å². The molecule has 142 valence electrons. The molecule has 4 rings (SSSR count). The van der Waals surface area contributed by atoms with Gasteiger partial charge in [-0.15, -0.1) is 0 Å². The summed E-state index contributed by atoms with van der Waals surface area (Å²) in [6.07, 6.45) is 11.9. The lowest BCUT2D eigenvalue weighted by Crippen LogP contribution is -2.53. The van der Waals surface area contributed by atoms with Gasteiger partial charge in [-0.3, -0.25) is 9.59 Å². The van der Waals surface area contributed by atoms with Crippen LogP contribution in [0.25, 0.3) is 0 Å². The summed E-state index contributed by atoms with van der Waals surface area (Å²) in [6.45, 7) is 4.51. The summed E-state index contributed by atoms with van der Waals surface area (Å²) in [6, 6.07) is 0. The van der Waals surface area contributed by atoms with Crippen molar-refractivity contribution in [3.8, 4) is 0 Å². The zero-order valence-corrected chi connectivity index (χ0v) is 15.8. The lowest BCUT2D eigenvalue weighted by Gasteiger charge is -2.57. The Labute approximate surface area is 155 Å². The molecule has 0 spiro atoms. The zero-order valence-electron chi connectivity index (χ0n) is 15.8. The van der Waals surface area contributed by atoms with Crippen LogP contribution < -0.4 is 0 Å². The van der Waals surface area contributed by atoms with E-state index in [-0.39, 0.29) is 23.0 Å². The molecule has 0 aromatic carbocycles. The molecular formula is C22H30O4. The number of carbonyl (C=O) groups is 2. The number of carboxylic acids is 1. The second-order valence-electron chi connectivity index (χ2n) is 9.55. The quantitative estimate of drug-likeness (QED) is 0.802. The minimum Gasteiger partial charge on any atom is -0.481 e. The lowest BCUT2D eigenvalue weighted by molar-refractivity contribution is -0.144. The average molecular weight is 358 g/mol. The highest BCUT2D eigenvalue weighted by atomic mass is 16.4. The van der Waals surface area contributed by atoms with Crippen LogP contribution in [0, 0.1) is 28.6 Å². The summed E-state index contributed by atoms with van der Waals surface area (Å²) >= 11 is 0. The number of ketones is 1. The molecule has 0 saturated heterocycles. The fourth-order valence-electron chi connectivity index (χ4n) is 6.83. The molecule has 0 amide bonds. The highest BCUT2D eigenvalue weighted by molar-refractivity contribution is 5.92. The second-order valence-corrected chi connectivity index (χ2v) is 9.55. The first-order valence-corrected chi connectivity index (χ1v) is 10.1. The van der Waals surface area contributed by atoms with Gasteiger partial charge in [0.15, 0.2) is 5.78 Å². The second kappa shape index (κ2) is 5.79. The summed E-state index contributed by atoms with van der Waals surface area (Å²) in [7, 11) is 0. The highest BCUT2D eigenvalue weighted by Gasteiger charge is 2.62. The first-order valence-electron chi connectivity index (χ1n) is 10.1. The van der Waals surface area contributed by atoms with Crippen molar-refractivity contribution in [2.45, 2.75) is 70.8 Å². The minimum atomic E-state index is -0.867. The molecule has 0 aromatic rings. The number of carboxylic acid groups (broad SMARTS) is 1. The fraction of sp³-hybridized carbons (Fsp3) is 0.727. The van der Waals surface area contributed by atoms with Crippen LogP contribution >= 0.6 is 0 Å². The van der Waals surface area contributed by atoms with E-state index in [0.717, 1.165) is 25.7 Å². The maximum absolute atomic E-state index is 11.9. The molecule has 0 radical (unpaired) electrons. The highest BCUT2D eigenvalue weighted by Crippen LogP contribution is 2.66. The Morgan fingerprint density at radius 1 is 1.19 bits per heavy atom. The van der Waals surface area contributed by atoms with E-state index in [9.17, 15) is 14.7 Å². The topological polar surface area (TPSA) is 74.6 Å². The molecule has 2 N–H and O–H groups in total. The fourth-order valence-corrected chi connectivity index (χ4v) is 6.83. The SMILES string of the molecule is C[C@@]12CCC(=O)C=C1C=C[C@H]1[C@H]2CC[C@]2(C)[C@@H]1CC[C@]2(O)CCC(=O)O. The van der Waals surface area contributed by atoms with Gasteiger partial charge in [0.2, 0.25) is 0 Å². The van der Waals surface area contributed by atoms with Crippen molar-refractivity contribution < 1.29 is 19.8 Å². The van der Waals surface area contributed by atoms with Crippen molar-refractivity contribution in [2.24, 2.45) is 28.6 Å². The molecule has 2 saturated carbocycles. The predicted molar refractivity (Wildman–Crippen MR) is 98.4 cm³/mol. The molecule has 2 fully saturated rings. The van der Waals surface area contributed by atoms with Crippen LogP contribution in [0.3, 0.4) is 0 Å². The van der Waals surface area contributed by atoms with Crippen LogP contribution in [0.15, 0.2) is 23.8 Å². The third-order valence-corrected chi connectivity index (χ3v) is 8.59. The summed E-state index contributed by atoms with van der Waals surface area (Å²) in [5.74, 6) is 0.748. The van der Waals surface area contributed by atoms with Crippen LogP contribution in [0.5, 0.6) is 0 Å². The number of carbonyl (C=O) groups excluding carboxylic acids is 1. The smallest absolute Gasteiger partial charge is 0.303 e. The van der Waals surface area contributed by atoms with Gasteiger partial charge in [0.05, 0.1) is 5.60 Å². The Hall–Kier alpha value is -1.42. The molecule has 4 nitrogen and oxygen atoms in total. The molecule has 4 heteroatoms. The van der Waals surface area contributed by atoms with E-state index >= 15 is 0 Å². The Morgan fingerprint density at radius 3 is 2.65 bits per heavy atom. The van der Waals surface area contributed by atoms with Crippen molar-refractivity contribution in [1.29, 1.82) is 0 Å². The molecule has 0 aromatic heterocycles. The van der Waals surface area contributed by atoms with Crippen LogP contribution in [0.2, 0.25) is 0 Å². The number of aliphatic hydroxyl groups is 1. The maximum Gasteiger partial charge on any atom is 0.303 e. The van der Waals surface area contributed by atoms with Crippen molar-refractivity contribution in [3.63, 3.8) is 0 Å². The van der Waals surface area contributed by atoms with Gasteiger partial charge in [0, 0.05) is 12.8 Å². The summed E-state index contributed by atoms with van der Waals surface area (Å²) in [4.78, 5) is 22.9. The molecule has 0 unspecified atom stereocenters. The summed E-state index contributed by atoms with van der Waals surface area (Å²) in [5, 5.41) is 20.5. The summed E-state index contributed by atoms with van der Waals surface area (Å²) < 4.78 is 0. The van der Waals surface area contributed by atoms with Crippen LogP contribution in [0.1, 0.15) is 65.2 Å². The minimum absolute atomic E-state index is 0.0372. The van der Waals surface area contributed by atoms with Gasteiger partial charge in [0.1, 0.15) is 0 Å². The van der Waals surface area contributed by atoms with E-state index in [0.29, 0.717) is 37.0 Å². The van der Waals surface area contributed by atoms with Crippen LogP contribution in [-0.4, -0.2) is 27.6 Å². The Morgan fingerprint density at radius 2 is 1.92 bits per heavy atom. The van der Waals surface area contributed by atoms with Gasteiger partial charge in [-0.1, -0.05) is 26.0 Å². The van der Waals surface area contributed by atoms with Gasteiger partial charge in [0.25, 0.3) is 0 Å². The standard InChI is InChI=1S/C22H30O4/c1-20-9-5-15(23)13-14(20)3-4-16-17(20)6-10-21(2)18(16)7-11-22(21,26)12-8-19(24)25/h3-4,13,16-18,26H,5-12H2,1-2H3,(H,24,25)/t16-,17+,18+,20+,21+,22-/m0/s1. The summed E-state index contributed by atoms with van der Waals surface area (Å²) in [5.41, 5.74) is 0.179. The number of allylic oxidation sites excluding steroid dienone is 4. The van der Waals surface area contributed by atoms with Crippen LogP contribution in [-0.2, 0) is 9.59 Å². The molecule has 0 heterocycles. The Kier molecular flexibility index (Phi) is 4.00. The van der Waals surface area contributed by atoms with Gasteiger partial charge >= 0.3 is 5.97 Å². The van der Waals surface area contributed by atoms with Gasteiger partial charge in [-0.25, -0.2) is 0 Å². The molecule has 0 bridgehead atoms. The van der Waals surface area contributed by atoms with E-state index in [1.54, 1.807) is 0 Å². The number of hydrogen-bond donors (Lipinski definition) is 2. The molecule has 0 aliphatic heterocycles. The number of hydrogen-bond acceptors (Lipinski definition) is 3. The zero-order chi connectivity index (χ0) is 18.7. The van der Waals surface area contributed by atoms with Crippen molar-refractivity contribution >= 4 is 11.8 Å². The monoisotopic (exact) mass is 358 g/mol. The van der Waals surface area contributed by atoms with Gasteiger partial charge < -0.3 is 10.2 Å². The molecule has 6 atom stereocenters. The third kappa shape index (κ3) is 2.37. The van der Waals surface area contributed by atoms with Crippen LogP contribution in [0.4, 0.5) is 0 Å². The largest absolute Gasteiger partial charge is 0.481 e. The number of fused-ring (bicyclic) bond motifs is 5. The van der Waals surface area contributed by atoms with Crippen molar-refractivity contribution in [1.82, 2.24) is 0 Å². The number of aliphatic carboxylic acids is 1. The van der Waals surface area contributed by atoms with E-state index in [4.69, 9.17) is 5.11 Å². The molecular weight excluding hydrogens is 328 g/mol. The first-order chi connectivity index (χ1) is 12.2. The van der Waals surface area contributed by atoms with Gasteiger partial charge in [-0.05, 0) is 78.8 Å². The predicted octanol–water partition coefficient (Wildman–Crippen LogP) is 3.89. The van der Waals surface area contributed by atoms with Crippen molar-refractivity contribution in [3.05, 3.63) is 23.8 Å². The molecule has 4 aliphatic rings. The first kappa shape index (κ1) is 18.0. The Bertz CT molecular complexity index is 707. The van der Waals surface area contributed by atoms with Gasteiger partial charge in [-0.2, -0.15) is 0 Å². The number of rotatable bonds is 3. The lowest BCUT2D eigenvalue weighted by atomic mass is 9.48. The van der Waals surface area contributed by atoms with E-state index in [2.05, 4.69) is 26.0 Å².